The number of piperazine rings is 1. The van der Waals surface area contributed by atoms with E-state index in [-0.39, 0.29) is 30.4 Å². The minimum Gasteiger partial charge on any atom is -0.396 e. The Balaban J connectivity index is 1.28. The highest BCUT2D eigenvalue weighted by molar-refractivity contribution is 5.88. The van der Waals surface area contributed by atoms with Crippen molar-refractivity contribution in [2.45, 2.75) is 39.2 Å². The number of rotatable bonds is 7. The summed E-state index contributed by atoms with van der Waals surface area (Å²) in [6, 6.07) is 9.42. The van der Waals surface area contributed by atoms with Crippen LogP contribution in [0.25, 0.3) is 5.69 Å². The summed E-state index contributed by atoms with van der Waals surface area (Å²) in [6.07, 6.45) is 4.71. The molecule has 4 N–H and O–H groups in total. The summed E-state index contributed by atoms with van der Waals surface area (Å²) < 4.78 is 1.45. The van der Waals surface area contributed by atoms with Gasteiger partial charge >= 0.3 is 11.7 Å². The third-order valence-electron chi connectivity index (χ3n) is 7.95. The summed E-state index contributed by atoms with van der Waals surface area (Å²) in [5, 5.41) is 11.9. The van der Waals surface area contributed by atoms with Crippen molar-refractivity contribution in [3.63, 3.8) is 0 Å². The van der Waals surface area contributed by atoms with Crippen LogP contribution >= 0.6 is 0 Å². The second-order valence-corrected chi connectivity index (χ2v) is 10.8. The van der Waals surface area contributed by atoms with Gasteiger partial charge in [0, 0.05) is 45.0 Å². The van der Waals surface area contributed by atoms with Crippen molar-refractivity contribution < 1.29 is 14.7 Å². The smallest absolute Gasteiger partial charge is 0.354 e. The zero-order chi connectivity index (χ0) is 27.9. The number of likely N-dealkylation sites (tertiary alicyclic amines) is 1. The van der Waals surface area contributed by atoms with E-state index in [4.69, 9.17) is 5.73 Å². The number of nitrogens with zero attached hydrogens (tertiary/aromatic N) is 5. The van der Waals surface area contributed by atoms with E-state index in [0.717, 1.165) is 38.9 Å². The first-order valence-corrected chi connectivity index (χ1v) is 13.9. The van der Waals surface area contributed by atoms with Gasteiger partial charge in [0.25, 0.3) is 0 Å². The lowest BCUT2D eigenvalue weighted by Crippen LogP contribution is -2.53. The molecular formula is C28H41N7O4. The molecule has 3 heterocycles. The molecule has 2 aliphatic heterocycles. The lowest BCUT2D eigenvalue weighted by molar-refractivity contribution is -0.137. The standard InChI is InChI=1S/C28H41N7O4/c1-20-7-11-32(13-9-24(20)29)12-8-22-3-5-23(6-4-22)35-14-10-25(31-28(35)39)30-27(38)34-17-15-33(16-18-34)26(37)21(2)19-36/h3-6,10,14,20-21,24,36H,7-9,11-13,15-19,29H2,1-2H3,(H,30,31,38,39)/t20?,21?,24-/m1/s1. The van der Waals surface area contributed by atoms with Gasteiger partial charge < -0.3 is 25.5 Å². The first-order chi connectivity index (χ1) is 18.7. The van der Waals surface area contributed by atoms with Gasteiger partial charge in [-0.3, -0.25) is 14.7 Å². The number of carbonyl (C=O) groups is 2. The number of hydrogen-bond donors (Lipinski definition) is 3. The minimum atomic E-state index is -0.482. The Bertz CT molecular complexity index is 1170. The fourth-order valence-corrected chi connectivity index (χ4v) is 5.04. The molecule has 0 radical (unpaired) electrons. The second-order valence-electron chi connectivity index (χ2n) is 10.8. The average Bonchev–Trinajstić information content (AvgIpc) is 3.11. The largest absolute Gasteiger partial charge is 0.396 e. The van der Waals surface area contributed by atoms with Crippen molar-refractivity contribution in [3.05, 3.63) is 52.6 Å². The van der Waals surface area contributed by atoms with Crippen LogP contribution in [0.15, 0.2) is 41.3 Å². The molecule has 1 aromatic carbocycles. The van der Waals surface area contributed by atoms with Gasteiger partial charge in [0.15, 0.2) is 0 Å². The van der Waals surface area contributed by atoms with E-state index in [1.807, 2.05) is 24.3 Å². The molecule has 39 heavy (non-hydrogen) atoms. The number of benzene rings is 1. The number of carbonyl (C=O) groups excluding carboxylic acids is 2. The molecule has 2 aromatic rings. The van der Waals surface area contributed by atoms with E-state index in [2.05, 4.69) is 22.1 Å². The Hall–Kier alpha value is -3.28. The number of aliphatic hydroxyl groups excluding tert-OH is 1. The molecule has 3 atom stereocenters. The summed E-state index contributed by atoms with van der Waals surface area (Å²) in [5.41, 5.74) is 7.66. The maximum absolute atomic E-state index is 12.7. The molecule has 11 heteroatoms. The third-order valence-corrected chi connectivity index (χ3v) is 7.95. The van der Waals surface area contributed by atoms with Crippen molar-refractivity contribution in [1.82, 2.24) is 24.3 Å². The van der Waals surface area contributed by atoms with Gasteiger partial charge in [-0.2, -0.15) is 4.98 Å². The van der Waals surface area contributed by atoms with E-state index in [9.17, 15) is 19.5 Å². The fraction of sp³-hybridized carbons (Fsp3) is 0.571. The fourth-order valence-electron chi connectivity index (χ4n) is 5.04. The van der Waals surface area contributed by atoms with Gasteiger partial charge in [0.2, 0.25) is 5.91 Å². The van der Waals surface area contributed by atoms with Crippen LogP contribution in [0.2, 0.25) is 0 Å². The third kappa shape index (κ3) is 7.43. The number of nitrogens with two attached hydrogens (primary N) is 1. The summed E-state index contributed by atoms with van der Waals surface area (Å²) in [5.74, 6) is 0.172. The molecule has 0 bridgehead atoms. The molecule has 3 amide bonds. The molecule has 11 nitrogen and oxygen atoms in total. The predicted molar refractivity (Wildman–Crippen MR) is 150 cm³/mol. The summed E-state index contributed by atoms with van der Waals surface area (Å²) in [7, 11) is 0. The van der Waals surface area contributed by atoms with Crippen LogP contribution in [-0.4, -0.2) is 99.8 Å². The average molecular weight is 540 g/mol. The number of urea groups is 1. The molecule has 2 unspecified atom stereocenters. The number of amides is 3. The van der Waals surface area contributed by atoms with Crippen molar-refractivity contribution in [2.75, 3.05) is 57.7 Å². The van der Waals surface area contributed by atoms with Crippen molar-refractivity contribution in [3.8, 4) is 5.69 Å². The van der Waals surface area contributed by atoms with E-state index in [0.29, 0.717) is 37.8 Å². The van der Waals surface area contributed by atoms with E-state index < -0.39 is 11.6 Å². The molecule has 4 rings (SSSR count). The molecule has 2 saturated heterocycles. The molecule has 0 saturated carbocycles. The Morgan fingerprint density at radius 2 is 1.72 bits per heavy atom. The van der Waals surface area contributed by atoms with Crippen LogP contribution in [-0.2, 0) is 11.2 Å². The van der Waals surface area contributed by atoms with Crippen LogP contribution in [0.1, 0.15) is 32.3 Å². The van der Waals surface area contributed by atoms with Crippen LogP contribution in [0.3, 0.4) is 0 Å². The van der Waals surface area contributed by atoms with Crippen molar-refractivity contribution in [1.29, 1.82) is 0 Å². The van der Waals surface area contributed by atoms with Crippen LogP contribution in [0.4, 0.5) is 10.6 Å². The van der Waals surface area contributed by atoms with Gasteiger partial charge in [-0.15, -0.1) is 0 Å². The lowest BCUT2D eigenvalue weighted by Gasteiger charge is -2.35. The second kappa shape index (κ2) is 13.2. The number of aromatic nitrogens is 2. The number of aliphatic hydroxyl groups is 1. The van der Waals surface area contributed by atoms with E-state index in [1.54, 1.807) is 29.0 Å². The van der Waals surface area contributed by atoms with Crippen LogP contribution < -0.4 is 16.7 Å². The molecular weight excluding hydrogens is 498 g/mol. The van der Waals surface area contributed by atoms with Crippen molar-refractivity contribution >= 4 is 17.8 Å². The Morgan fingerprint density at radius 1 is 1.05 bits per heavy atom. The normalized spacial score (nSPS) is 21.3. The zero-order valence-corrected chi connectivity index (χ0v) is 23.0. The monoisotopic (exact) mass is 539 g/mol. The molecule has 212 valence electrons. The molecule has 0 aliphatic carbocycles. The molecule has 2 aliphatic rings. The first kappa shape index (κ1) is 28.7. The maximum Gasteiger partial charge on any atom is 0.354 e. The quantitative estimate of drug-likeness (QED) is 0.480. The highest BCUT2D eigenvalue weighted by Gasteiger charge is 2.27. The van der Waals surface area contributed by atoms with Crippen molar-refractivity contribution in [2.24, 2.45) is 17.6 Å². The molecule has 2 fully saturated rings. The number of anilines is 1. The zero-order valence-electron chi connectivity index (χ0n) is 23.0. The first-order valence-electron chi connectivity index (χ1n) is 13.9. The van der Waals surface area contributed by atoms with Gasteiger partial charge in [-0.25, -0.2) is 9.59 Å². The van der Waals surface area contributed by atoms with Crippen LogP contribution in [0.5, 0.6) is 0 Å². The predicted octanol–water partition coefficient (Wildman–Crippen LogP) is 1.14. The Morgan fingerprint density at radius 3 is 2.38 bits per heavy atom. The van der Waals surface area contributed by atoms with Crippen LogP contribution in [0, 0.1) is 11.8 Å². The SMILES string of the molecule is CC(CO)C(=O)N1CCN(C(=O)Nc2ccn(-c3ccc(CCN4CCC(C)[C@H](N)CC4)cc3)c(=O)n2)CC1. The van der Waals surface area contributed by atoms with Gasteiger partial charge in [-0.05, 0) is 62.0 Å². The van der Waals surface area contributed by atoms with Gasteiger partial charge in [0.05, 0.1) is 18.2 Å². The lowest BCUT2D eigenvalue weighted by atomic mass is 9.98. The summed E-state index contributed by atoms with van der Waals surface area (Å²) in [6.45, 7) is 8.34. The van der Waals surface area contributed by atoms with E-state index in [1.165, 1.54) is 10.1 Å². The van der Waals surface area contributed by atoms with Gasteiger partial charge in [-0.1, -0.05) is 26.0 Å². The highest BCUT2D eigenvalue weighted by Crippen LogP contribution is 2.17. The Kier molecular flexibility index (Phi) is 9.71. The van der Waals surface area contributed by atoms with Gasteiger partial charge in [0.1, 0.15) is 5.82 Å². The summed E-state index contributed by atoms with van der Waals surface area (Å²) >= 11 is 0. The molecule has 0 spiro atoms. The maximum atomic E-state index is 12.7. The Labute approximate surface area is 229 Å². The molecule has 1 aromatic heterocycles. The summed E-state index contributed by atoms with van der Waals surface area (Å²) in [4.78, 5) is 47.4. The number of hydrogen-bond acceptors (Lipinski definition) is 7. The minimum absolute atomic E-state index is 0.117. The highest BCUT2D eigenvalue weighted by atomic mass is 16.3. The number of nitrogens with one attached hydrogen (secondary N) is 1. The van der Waals surface area contributed by atoms with E-state index >= 15 is 0 Å². The topological polar surface area (TPSA) is 137 Å².